The van der Waals surface area contributed by atoms with E-state index in [4.69, 9.17) is 23.8 Å². The van der Waals surface area contributed by atoms with Crippen LogP contribution < -0.4 is 15.8 Å². The Morgan fingerprint density at radius 1 is 1.28 bits per heavy atom. The summed E-state index contributed by atoms with van der Waals surface area (Å²) in [7, 11) is 0. The van der Waals surface area contributed by atoms with Gasteiger partial charge in [-0.3, -0.25) is 5.01 Å². The fraction of sp³-hybridized carbons (Fsp3) is 0.462. The summed E-state index contributed by atoms with van der Waals surface area (Å²) < 4.78 is 0. The highest BCUT2D eigenvalue weighted by molar-refractivity contribution is 7.80. The van der Waals surface area contributed by atoms with E-state index in [9.17, 15) is 0 Å². The third kappa shape index (κ3) is 2.60. The molecular formula is C13H18ClN3S. The largest absolute Gasteiger partial charge is 0.342 e. The van der Waals surface area contributed by atoms with Gasteiger partial charge in [-0.25, -0.2) is 5.43 Å². The third-order valence-corrected chi connectivity index (χ3v) is 3.78. The summed E-state index contributed by atoms with van der Waals surface area (Å²) in [4.78, 5) is 0. The van der Waals surface area contributed by atoms with Crippen LogP contribution in [0.2, 0.25) is 5.02 Å². The van der Waals surface area contributed by atoms with Crippen LogP contribution in [0, 0.1) is 0 Å². The lowest BCUT2D eigenvalue weighted by molar-refractivity contribution is 0.300. The molecule has 3 nitrogen and oxygen atoms in total. The lowest BCUT2D eigenvalue weighted by Crippen LogP contribution is -2.50. The third-order valence-electron chi connectivity index (χ3n) is 3.24. The number of nitrogens with zero attached hydrogens (tertiary/aromatic N) is 1. The Morgan fingerprint density at radius 2 is 1.94 bits per heavy atom. The number of hydrazine groups is 1. The van der Waals surface area contributed by atoms with Gasteiger partial charge in [0.05, 0.1) is 5.69 Å². The molecular weight excluding hydrogens is 266 g/mol. The summed E-state index contributed by atoms with van der Waals surface area (Å²) in [6.45, 7) is 4.33. The summed E-state index contributed by atoms with van der Waals surface area (Å²) >= 11 is 11.3. The number of hydrogen-bond donors (Lipinski definition) is 2. The van der Waals surface area contributed by atoms with E-state index < -0.39 is 0 Å². The maximum absolute atomic E-state index is 5.90. The predicted octanol–water partition coefficient (Wildman–Crippen LogP) is 3.45. The molecule has 2 N–H and O–H groups in total. The SMILES string of the molecule is CCC[C@@]1(CC)NC(=S)N(c2ccc(Cl)cc2)N1. The van der Waals surface area contributed by atoms with Crippen molar-refractivity contribution in [1.82, 2.24) is 10.7 Å². The smallest absolute Gasteiger partial charge is 0.189 e. The number of anilines is 1. The Labute approximate surface area is 118 Å². The Balaban J connectivity index is 2.21. The molecule has 0 amide bonds. The van der Waals surface area contributed by atoms with E-state index in [1.807, 2.05) is 29.3 Å². The maximum Gasteiger partial charge on any atom is 0.189 e. The van der Waals surface area contributed by atoms with Crippen LogP contribution in [0.1, 0.15) is 33.1 Å². The van der Waals surface area contributed by atoms with Crippen molar-refractivity contribution < 1.29 is 0 Å². The Morgan fingerprint density at radius 3 is 2.50 bits per heavy atom. The molecule has 5 heteroatoms. The minimum absolute atomic E-state index is 0.120. The second kappa shape index (κ2) is 5.43. The fourth-order valence-electron chi connectivity index (χ4n) is 2.21. The molecule has 0 aromatic heterocycles. The van der Waals surface area contributed by atoms with E-state index in [1.165, 1.54) is 0 Å². The quantitative estimate of drug-likeness (QED) is 0.828. The van der Waals surface area contributed by atoms with Crippen LogP contribution in [-0.4, -0.2) is 10.8 Å². The van der Waals surface area contributed by atoms with Crippen molar-refractivity contribution in [3.8, 4) is 0 Å². The van der Waals surface area contributed by atoms with Crippen molar-refractivity contribution >= 4 is 34.6 Å². The zero-order valence-corrected chi connectivity index (χ0v) is 12.2. The second-order valence-electron chi connectivity index (χ2n) is 4.54. The van der Waals surface area contributed by atoms with E-state index in [2.05, 4.69) is 24.6 Å². The zero-order valence-electron chi connectivity index (χ0n) is 10.7. The van der Waals surface area contributed by atoms with Crippen molar-refractivity contribution in [2.24, 2.45) is 0 Å². The number of rotatable bonds is 4. The van der Waals surface area contributed by atoms with Crippen molar-refractivity contribution in [3.63, 3.8) is 0 Å². The Bertz CT molecular complexity index is 434. The van der Waals surface area contributed by atoms with Crippen LogP contribution in [0.15, 0.2) is 24.3 Å². The Hall–Kier alpha value is -0.840. The highest BCUT2D eigenvalue weighted by atomic mass is 35.5. The van der Waals surface area contributed by atoms with Crippen LogP contribution >= 0.6 is 23.8 Å². The van der Waals surface area contributed by atoms with E-state index in [0.717, 1.165) is 30.0 Å². The standard InChI is InChI=1S/C13H18ClN3S/c1-3-9-13(4-2)15-12(18)17(16-13)11-7-5-10(14)6-8-11/h5-8,16H,3-4,9H2,1-2H3,(H,15,18)/t13-/m0/s1. The first-order valence-electron chi connectivity index (χ1n) is 6.26. The minimum Gasteiger partial charge on any atom is -0.342 e. The molecule has 1 heterocycles. The first kappa shape index (κ1) is 13.6. The van der Waals surface area contributed by atoms with Gasteiger partial charge in [0.1, 0.15) is 5.66 Å². The summed E-state index contributed by atoms with van der Waals surface area (Å²) in [5, 5.41) is 6.76. The first-order chi connectivity index (χ1) is 8.60. The fourth-order valence-corrected chi connectivity index (χ4v) is 2.69. The molecule has 1 fully saturated rings. The number of halogens is 1. The molecule has 0 radical (unpaired) electrons. The monoisotopic (exact) mass is 283 g/mol. The van der Waals surface area contributed by atoms with Gasteiger partial charge in [-0.15, -0.1) is 0 Å². The van der Waals surface area contributed by atoms with Gasteiger partial charge in [0, 0.05) is 5.02 Å². The number of nitrogens with one attached hydrogen (secondary N) is 2. The van der Waals surface area contributed by atoms with Crippen LogP contribution in [0.25, 0.3) is 0 Å². The Kier molecular flexibility index (Phi) is 4.10. The lowest BCUT2D eigenvalue weighted by Gasteiger charge is -2.28. The number of hydrogen-bond acceptors (Lipinski definition) is 2. The lowest BCUT2D eigenvalue weighted by atomic mass is 10.0. The average Bonchev–Trinajstić information content (AvgIpc) is 2.69. The zero-order chi connectivity index (χ0) is 13.2. The van der Waals surface area contributed by atoms with Crippen LogP contribution in [0.4, 0.5) is 5.69 Å². The van der Waals surface area contributed by atoms with E-state index in [1.54, 1.807) is 0 Å². The highest BCUT2D eigenvalue weighted by Gasteiger charge is 2.38. The van der Waals surface area contributed by atoms with Crippen molar-refractivity contribution in [2.75, 3.05) is 5.01 Å². The molecule has 98 valence electrons. The van der Waals surface area contributed by atoms with Gasteiger partial charge in [0.2, 0.25) is 0 Å². The van der Waals surface area contributed by atoms with E-state index in [0.29, 0.717) is 5.11 Å². The molecule has 1 aliphatic heterocycles. The van der Waals surface area contributed by atoms with Gasteiger partial charge in [-0.05, 0) is 49.3 Å². The second-order valence-corrected chi connectivity index (χ2v) is 5.36. The molecule has 0 saturated carbocycles. The van der Waals surface area contributed by atoms with E-state index >= 15 is 0 Å². The van der Waals surface area contributed by atoms with Gasteiger partial charge >= 0.3 is 0 Å². The topological polar surface area (TPSA) is 27.3 Å². The normalized spacial score (nSPS) is 23.3. The van der Waals surface area contributed by atoms with E-state index in [-0.39, 0.29) is 5.66 Å². The molecule has 1 aromatic carbocycles. The molecule has 0 unspecified atom stereocenters. The van der Waals surface area contributed by atoms with Crippen LogP contribution in [0.3, 0.4) is 0 Å². The van der Waals surface area contributed by atoms with Crippen molar-refractivity contribution in [1.29, 1.82) is 0 Å². The van der Waals surface area contributed by atoms with Gasteiger partial charge in [0.15, 0.2) is 5.11 Å². The first-order valence-corrected chi connectivity index (χ1v) is 7.04. The summed E-state index contributed by atoms with van der Waals surface area (Å²) in [5.41, 5.74) is 4.36. The van der Waals surface area contributed by atoms with Crippen LogP contribution in [0.5, 0.6) is 0 Å². The molecule has 1 saturated heterocycles. The highest BCUT2D eigenvalue weighted by Crippen LogP contribution is 2.25. The molecule has 0 aliphatic carbocycles. The van der Waals surface area contributed by atoms with Crippen molar-refractivity contribution in [3.05, 3.63) is 29.3 Å². The number of thiocarbonyl (C=S) groups is 1. The van der Waals surface area contributed by atoms with Crippen molar-refractivity contribution in [2.45, 2.75) is 38.8 Å². The molecule has 1 atom stereocenters. The summed E-state index contributed by atoms with van der Waals surface area (Å²) in [6.07, 6.45) is 3.11. The molecule has 0 bridgehead atoms. The molecule has 1 aliphatic rings. The van der Waals surface area contributed by atoms with Crippen LogP contribution in [-0.2, 0) is 0 Å². The van der Waals surface area contributed by atoms with Gasteiger partial charge < -0.3 is 5.32 Å². The minimum atomic E-state index is -0.120. The number of benzene rings is 1. The molecule has 18 heavy (non-hydrogen) atoms. The van der Waals surface area contributed by atoms with Gasteiger partial charge in [0.25, 0.3) is 0 Å². The molecule has 0 spiro atoms. The summed E-state index contributed by atoms with van der Waals surface area (Å²) in [5.74, 6) is 0. The molecule has 1 aromatic rings. The molecule has 2 rings (SSSR count). The maximum atomic E-state index is 5.90. The van der Waals surface area contributed by atoms with Gasteiger partial charge in [-0.2, -0.15) is 0 Å². The summed E-state index contributed by atoms with van der Waals surface area (Å²) in [6, 6.07) is 7.65. The van der Waals surface area contributed by atoms with Gasteiger partial charge in [-0.1, -0.05) is 31.9 Å². The predicted molar refractivity (Wildman–Crippen MR) is 80.7 cm³/mol. The average molecular weight is 284 g/mol.